The molecule has 0 spiro atoms. The second-order valence-corrected chi connectivity index (χ2v) is 20.0. The molecule has 0 N–H and O–H groups in total. The smallest absolute Gasteiger partial charge is 0.319 e. The van der Waals surface area contributed by atoms with Crippen LogP contribution in [0.4, 0.5) is 0 Å². The van der Waals surface area contributed by atoms with Gasteiger partial charge >= 0.3 is 20.4 Å². The first-order valence-electron chi connectivity index (χ1n) is 20.7. The zero-order chi connectivity index (χ0) is 40.3. The Labute approximate surface area is 372 Å². The van der Waals surface area contributed by atoms with Crippen LogP contribution in [-0.2, 0) is 25.8 Å². The number of nitrogens with zero attached hydrogens (tertiary/aromatic N) is 3. The summed E-state index contributed by atoms with van der Waals surface area (Å²) in [5.41, 5.74) is 10.2. The summed E-state index contributed by atoms with van der Waals surface area (Å²) in [7, 11) is -3.36. The van der Waals surface area contributed by atoms with Crippen LogP contribution in [0.1, 0.15) is 47.6 Å². The molecule has 0 fully saturated rings. The number of para-hydroxylation sites is 1. The van der Waals surface area contributed by atoms with Gasteiger partial charge in [0.15, 0.2) is 0 Å². The molecule has 3 aromatic heterocycles. The molecule has 0 bridgehead atoms. The number of pyridine rings is 2. The minimum atomic E-state index is -3.36. The normalized spacial score (nSPS) is 14.2. The van der Waals surface area contributed by atoms with Gasteiger partial charge in [0, 0.05) is 17.9 Å². The number of aromatic nitrogens is 3. The second-order valence-electron chi connectivity index (χ2n) is 16.3. The maximum absolute atomic E-state index is 5.02. The van der Waals surface area contributed by atoms with Gasteiger partial charge in [-0.3, -0.25) is 0 Å². The Morgan fingerprint density at radius 3 is 1.89 bits per heavy atom. The SMILES string of the molecule is CC1(C)c2ccccc2C(c2ccccc2)c2c([Si](c3[c-]c(-c4ccccn4)ccc3)(c3ccccc3)c3ccccc3)[c-]c3c(c21)c1ccccc1n3-c1ccccn1.[Pd+2]. The summed E-state index contributed by atoms with van der Waals surface area (Å²) in [5, 5.41) is 7.36. The van der Waals surface area contributed by atoms with Crippen molar-refractivity contribution in [2.45, 2.75) is 25.2 Å². The van der Waals surface area contributed by atoms with E-state index in [2.05, 4.69) is 213 Å². The van der Waals surface area contributed by atoms with Crippen molar-refractivity contribution in [3.63, 3.8) is 0 Å². The van der Waals surface area contributed by atoms with Gasteiger partial charge in [0.25, 0.3) is 0 Å². The number of hydrogen-bond donors (Lipinski definition) is 0. The Bertz CT molecular complexity index is 3130. The average molecular weight is 890 g/mol. The molecule has 1 aliphatic rings. The third-order valence-electron chi connectivity index (χ3n) is 12.7. The van der Waals surface area contributed by atoms with Crippen LogP contribution in [0.5, 0.6) is 0 Å². The van der Waals surface area contributed by atoms with Crippen LogP contribution in [0.25, 0.3) is 38.9 Å². The quantitative estimate of drug-likeness (QED) is 0.0907. The van der Waals surface area contributed by atoms with E-state index in [1.54, 1.807) is 0 Å². The number of rotatable bonds is 7. The van der Waals surface area contributed by atoms with Gasteiger partial charge in [-0.2, -0.15) is 11.3 Å². The largest absolute Gasteiger partial charge is 2.00 e. The fourth-order valence-corrected chi connectivity index (χ4v) is 15.1. The summed E-state index contributed by atoms with van der Waals surface area (Å²) in [6.45, 7) is 4.87. The van der Waals surface area contributed by atoms with Crippen molar-refractivity contribution in [3.8, 4) is 17.1 Å². The van der Waals surface area contributed by atoms with Crippen molar-refractivity contribution in [2.24, 2.45) is 0 Å². The molecule has 3 nitrogen and oxygen atoms in total. The van der Waals surface area contributed by atoms with Crippen molar-refractivity contribution >= 4 is 50.6 Å². The van der Waals surface area contributed by atoms with E-state index in [-0.39, 0.29) is 26.3 Å². The molecular formula is C56H41N3PdSi. The monoisotopic (exact) mass is 889 g/mol. The fraction of sp³-hybridized carbons (Fsp3) is 0.0714. The zero-order valence-electron chi connectivity index (χ0n) is 33.9. The third-order valence-corrected chi connectivity index (χ3v) is 17.3. The second kappa shape index (κ2) is 15.5. The molecule has 0 aliphatic heterocycles. The van der Waals surface area contributed by atoms with Gasteiger partial charge in [-0.1, -0.05) is 176 Å². The van der Waals surface area contributed by atoms with E-state index in [9.17, 15) is 0 Å². The zero-order valence-corrected chi connectivity index (χ0v) is 36.4. The maximum Gasteiger partial charge on any atom is 2.00 e. The summed E-state index contributed by atoms with van der Waals surface area (Å²) in [6, 6.07) is 79.1. The van der Waals surface area contributed by atoms with Crippen molar-refractivity contribution in [2.75, 3.05) is 0 Å². The fourth-order valence-electron chi connectivity index (χ4n) is 10.3. The Balaban J connectivity index is 0.00000445. The van der Waals surface area contributed by atoms with Gasteiger partial charge in [-0.05, 0) is 73.7 Å². The van der Waals surface area contributed by atoms with Gasteiger partial charge < -0.3 is 9.55 Å². The predicted molar refractivity (Wildman–Crippen MR) is 249 cm³/mol. The number of benzene rings is 7. The Morgan fingerprint density at radius 2 is 1.20 bits per heavy atom. The number of hydrogen-bond acceptors (Lipinski definition) is 2. The summed E-state index contributed by atoms with van der Waals surface area (Å²) in [4.78, 5) is 9.85. The van der Waals surface area contributed by atoms with Crippen molar-refractivity contribution in [1.29, 1.82) is 0 Å². The molecule has 0 amide bonds. The Kier molecular flexibility index (Phi) is 9.85. The van der Waals surface area contributed by atoms with Crippen LogP contribution in [0, 0.1) is 12.1 Å². The molecule has 7 aromatic carbocycles. The van der Waals surface area contributed by atoms with E-state index in [4.69, 9.17) is 9.97 Å². The predicted octanol–water partition coefficient (Wildman–Crippen LogP) is 10.0. The minimum Gasteiger partial charge on any atom is -0.319 e. The van der Waals surface area contributed by atoms with Gasteiger partial charge in [-0.15, -0.1) is 46.1 Å². The Morgan fingerprint density at radius 1 is 0.574 bits per heavy atom. The van der Waals surface area contributed by atoms with Crippen molar-refractivity contribution in [1.82, 2.24) is 14.5 Å². The molecule has 1 aliphatic carbocycles. The summed E-state index contributed by atoms with van der Waals surface area (Å²) >= 11 is 0. The van der Waals surface area contributed by atoms with Gasteiger partial charge in [0.05, 0.1) is 0 Å². The molecule has 0 radical (unpaired) electrons. The van der Waals surface area contributed by atoms with E-state index >= 15 is 0 Å². The molecule has 3 heterocycles. The van der Waals surface area contributed by atoms with E-state index in [0.717, 1.165) is 33.3 Å². The van der Waals surface area contributed by atoms with Crippen LogP contribution >= 0.6 is 0 Å². The molecule has 1 atom stereocenters. The summed E-state index contributed by atoms with van der Waals surface area (Å²) < 4.78 is 2.35. The van der Waals surface area contributed by atoms with Gasteiger partial charge in [-0.25, -0.2) is 4.98 Å². The van der Waals surface area contributed by atoms with Crippen LogP contribution in [-0.4, -0.2) is 22.6 Å². The molecule has 10 aromatic rings. The molecule has 0 saturated heterocycles. The van der Waals surface area contributed by atoms with Crippen LogP contribution in [0.3, 0.4) is 0 Å². The van der Waals surface area contributed by atoms with E-state index in [0.29, 0.717) is 0 Å². The maximum atomic E-state index is 5.02. The van der Waals surface area contributed by atoms with Gasteiger partial charge in [0.2, 0.25) is 0 Å². The first kappa shape index (κ1) is 38.7. The first-order valence-corrected chi connectivity index (χ1v) is 22.7. The molecule has 61 heavy (non-hydrogen) atoms. The van der Waals surface area contributed by atoms with E-state index in [1.165, 1.54) is 54.1 Å². The van der Waals surface area contributed by atoms with Crippen molar-refractivity contribution in [3.05, 3.63) is 246 Å². The number of fused-ring (bicyclic) bond motifs is 6. The molecule has 11 rings (SSSR count). The molecule has 1 unspecified atom stereocenters. The average Bonchev–Trinajstić information content (AvgIpc) is 3.65. The van der Waals surface area contributed by atoms with E-state index in [1.807, 2.05) is 24.5 Å². The Hall–Kier alpha value is -6.48. The van der Waals surface area contributed by atoms with Gasteiger partial charge in [0.1, 0.15) is 13.9 Å². The molecule has 0 saturated carbocycles. The van der Waals surface area contributed by atoms with Crippen molar-refractivity contribution < 1.29 is 20.4 Å². The molecular weight excluding hydrogens is 849 g/mol. The summed E-state index contributed by atoms with van der Waals surface area (Å²) in [5.74, 6) is 0.797. The van der Waals surface area contributed by atoms with E-state index < -0.39 is 13.5 Å². The molecule has 294 valence electrons. The third kappa shape index (κ3) is 6.03. The summed E-state index contributed by atoms with van der Waals surface area (Å²) in [6.07, 6.45) is 3.76. The topological polar surface area (TPSA) is 30.7 Å². The standard InChI is InChI=1S/C56H41N3Si.Pd/c1-56(2)46-31-14-12-29-44(46)52(39-21-6-3-7-22-39)54-50(38-49-53(55(54)56)45-30-13-15-33-48(45)59(49)51-34-17-19-36-58-51)60(41-24-8-4-9-25-41,42-26-10-5-11-27-42)43-28-20-23-40(37-43)47-32-16-18-35-57-47;/h3-36,52H,1-2H3;/q-2;+2. The van der Waals surface area contributed by atoms with Crippen LogP contribution < -0.4 is 20.7 Å². The van der Waals surface area contributed by atoms with Crippen LogP contribution in [0.15, 0.2) is 207 Å². The minimum absolute atomic E-state index is 0. The first-order chi connectivity index (χ1) is 29.6. The van der Waals surface area contributed by atoms with Crippen LogP contribution in [0.2, 0.25) is 0 Å². The molecule has 5 heteroatoms.